The van der Waals surface area contributed by atoms with E-state index in [0.717, 1.165) is 23.0 Å². The Kier molecular flexibility index (Phi) is 2.55. The number of aryl methyl sites for hydroxylation is 2. The second-order valence-corrected chi connectivity index (χ2v) is 3.93. The summed E-state index contributed by atoms with van der Waals surface area (Å²) < 4.78 is 1.37. The summed E-state index contributed by atoms with van der Waals surface area (Å²) in [5, 5.41) is 14.6. The summed E-state index contributed by atoms with van der Waals surface area (Å²) in [4.78, 5) is 10.1. The molecule has 0 aliphatic heterocycles. The monoisotopic (exact) mass is 232 g/mol. The minimum Gasteiger partial charge on any atom is -0.378 e. The molecule has 0 bridgehead atoms. The number of aromatic nitrogens is 2. The van der Waals surface area contributed by atoms with Crippen molar-refractivity contribution >= 4 is 11.5 Å². The van der Waals surface area contributed by atoms with Crippen molar-refractivity contribution < 1.29 is 4.92 Å². The number of nitrogen functional groups attached to an aromatic ring is 1. The van der Waals surface area contributed by atoms with E-state index in [4.69, 9.17) is 5.73 Å². The number of nitrogens with two attached hydrogens (primary N) is 1. The molecule has 6 nitrogen and oxygen atoms in total. The number of nitrogens with zero attached hydrogens (tertiary/aromatic N) is 3. The molecule has 0 unspecified atom stereocenters. The summed E-state index contributed by atoms with van der Waals surface area (Å²) in [6, 6.07) is 5.76. The molecule has 0 aliphatic carbocycles. The molecule has 1 aromatic carbocycles. The van der Waals surface area contributed by atoms with Gasteiger partial charge in [-0.2, -0.15) is 5.10 Å². The van der Waals surface area contributed by atoms with E-state index in [9.17, 15) is 10.1 Å². The van der Waals surface area contributed by atoms with Crippen LogP contribution < -0.4 is 5.73 Å². The third-order valence-corrected chi connectivity index (χ3v) is 2.43. The molecule has 0 saturated heterocycles. The van der Waals surface area contributed by atoms with Crippen LogP contribution in [0.5, 0.6) is 0 Å². The van der Waals surface area contributed by atoms with Gasteiger partial charge in [-0.25, -0.2) is 4.68 Å². The number of rotatable bonds is 2. The Morgan fingerprint density at radius 3 is 2.35 bits per heavy atom. The highest BCUT2D eigenvalue weighted by Crippen LogP contribution is 2.24. The predicted octanol–water partition coefficient (Wildman–Crippen LogP) is 1.98. The molecule has 2 aromatic rings. The fourth-order valence-electron chi connectivity index (χ4n) is 1.77. The smallest absolute Gasteiger partial charge is 0.331 e. The Labute approximate surface area is 97.8 Å². The van der Waals surface area contributed by atoms with Gasteiger partial charge in [0.2, 0.25) is 5.82 Å². The van der Waals surface area contributed by atoms with E-state index in [1.165, 1.54) is 4.68 Å². The van der Waals surface area contributed by atoms with E-state index in [0.29, 0.717) is 0 Å². The molecule has 0 saturated carbocycles. The van der Waals surface area contributed by atoms with Gasteiger partial charge in [0.15, 0.2) is 0 Å². The largest absolute Gasteiger partial charge is 0.378 e. The topological polar surface area (TPSA) is 87.0 Å². The molecular weight excluding hydrogens is 220 g/mol. The fourth-order valence-corrected chi connectivity index (χ4v) is 1.77. The van der Waals surface area contributed by atoms with Gasteiger partial charge in [-0.05, 0) is 37.1 Å². The lowest BCUT2D eigenvalue weighted by Gasteiger charge is -2.06. The Balaban J connectivity index is 2.57. The molecule has 0 radical (unpaired) electrons. The van der Waals surface area contributed by atoms with Crippen molar-refractivity contribution in [1.82, 2.24) is 9.78 Å². The zero-order chi connectivity index (χ0) is 12.6. The Bertz CT molecular complexity index is 569. The van der Waals surface area contributed by atoms with Gasteiger partial charge < -0.3 is 5.73 Å². The minimum atomic E-state index is -0.540. The van der Waals surface area contributed by atoms with Crippen LogP contribution in [0.1, 0.15) is 11.1 Å². The van der Waals surface area contributed by atoms with Crippen molar-refractivity contribution in [1.29, 1.82) is 0 Å². The Morgan fingerprint density at radius 2 is 1.88 bits per heavy atom. The zero-order valence-corrected chi connectivity index (χ0v) is 9.54. The first-order chi connectivity index (χ1) is 7.99. The SMILES string of the molecule is Cc1cc(C)cc(-n2ncc([N+](=O)[O-])c2N)c1. The van der Waals surface area contributed by atoms with Crippen LogP contribution in [0.2, 0.25) is 0 Å². The highest BCUT2D eigenvalue weighted by molar-refractivity contribution is 5.56. The lowest BCUT2D eigenvalue weighted by atomic mass is 10.1. The summed E-state index contributed by atoms with van der Waals surface area (Å²) in [5.74, 6) is 0.0417. The first-order valence-electron chi connectivity index (χ1n) is 5.05. The second kappa shape index (κ2) is 3.89. The van der Waals surface area contributed by atoms with Crippen LogP contribution in [0.4, 0.5) is 11.5 Å². The molecular formula is C11H12N4O2. The quantitative estimate of drug-likeness (QED) is 0.633. The number of hydrogen-bond donors (Lipinski definition) is 1. The van der Waals surface area contributed by atoms with Crippen molar-refractivity contribution in [3.8, 4) is 5.69 Å². The molecule has 6 heteroatoms. The van der Waals surface area contributed by atoms with E-state index < -0.39 is 4.92 Å². The maximum Gasteiger partial charge on any atom is 0.331 e. The first kappa shape index (κ1) is 11.1. The lowest BCUT2D eigenvalue weighted by Crippen LogP contribution is -2.03. The minimum absolute atomic E-state index is 0.0417. The molecule has 1 aromatic heterocycles. The van der Waals surface area contributed by atoms with Gasteiger partial charge in [0.25, 0.3) is 0 Å². The lowest BCUT2D eigenvalue weighted by molar-refractivity contribution is -0.383. The van der Waals surface area contributed by atoms with Crippen LogP contribution in [0, 0.1) is 24.0 Å². The van der Waals surface area contributed by atoms with Crippen molar-refractivity contribution in [2.75, 3.05) is 5.73 Å². The van der Waals surface area contributed by atoms with Crippen LogP contribution in [-0.2, 0) is 0 Å². The molecule has 0 aliphatic rings. The molecule has 0 fully saturated rings. The van der Waals surface area contributed by atoms with Gasteiger partial charge >= 0.3 is 5.69 Å². The maximum atomic E-state index is 10.7. The predicted molar refractivity (Wildman–Crippen MR) is 64.1 cm³/mol. The van der Waals surface area contributed by atoms with Gasteiger partial charge in [-0.1, -0.05) is 6.07 Å². The fraction of sp³-hybridized carbons (Fsp3) is 0.182. The van der Waals surface area contributed by atoms with Gasteiger partial charge in [-0.3, -0.25) is 10.1 Å². The zero-order valence-electron chi connectivity index (χ0n) is 9.54. The van der Waals surface area contributed by atoms with E-state index in [1.807, 2.05) is 32.0 Å². The summed E-state index contributed by atoms with van der Waals surface area (Å²) >= 11 is 0. The average Bonchev–Trinajstić information content (AvgIpc) is 2.58. The van der Waals surface area contributed by atoms with Crippen molar-refractivity contribution in [3.63, 3.8) is 0 Å². The molecule has 2 N–H and O–H groups in total. The molecule has 0 spiro atoms. The molecule has 1 heterocycles. The van der Waals surface area contributed by atoms with Gasteiger partial charge in [0, 0.05) is 0 Å². The summed E-state index contributed by atoms with van der Waals surface area (Å²) in [6.07, 6.45) is 1.16. The van der Waals surface area contributed by atoms with Crippen molar-refractivity contribution in [2.45, 2.75) is 13.8 Å². The average molecular weight is 232 g/mol. The van der Waals surface area contributed by atoms with E-state index >= 15 is 0 Å². The van der Waals surface area contributed by atoms with Crippen LogP contribution in [-0.4, -0.2) is 14.7 Å². The molecule has 0 amide bonds. The first-order valence-corrected chi connectivity index (χ1v) is 5.05. The van der Waals surface area contributed by atoms with E-state index in [-0.39, 0.29) is 11.5 Å². The standard InChI is InChI=1S/C11H12N4O2/c1-7-3-8(2)5-9(4-7)14-11(12)10(6-13-14)15(16)17/h3-6H,12H2,1-2H3. The van der Waals surface area contributed by atoms with E-state index in [2.05, 4.69) is 5.10 Å². The molecule has 17 heavy (non-hydrogen) atoms. The van der Waals surface area contributed by atoms with Crippen LogP contribution in [0.15, 0.2) is 24.4 Å². The normalized spacial score (nSPS) is 10.5. The number of benzene rings is 1. The van der Waals surface area contributed by atoms with Crippen LogP contribution in [0.3, 0.4) is 0 Å². The number of nitro groups is 1. The number of hydrogen-bond acceptors (Lipinski definition) is 4. The Morgan fingerprint density at radius 1 is 1.29 bits per heavy atom. The van der Waals surface area contributed by atoms with Gasteiger partial charge in [0.1, 0.15) is 6.20 Å². The third-order valence-electron chi connectivity index (χ3n) is 2.43. The van der Waals surface area contributed by atoms with Crippen LogP contribution in [0.25, 0.3) is 5.69 Å². The highest BCUT2D eigenvalue weighted by Gasteiger charge is 2.18. The molecule has 0 atom stereocenters. The summed E-state index contributed by atoms with van der Waals surface area (Å²) in [6.45, 7) is 3.90. The highest BCUT2D eigenvalue weighted by atomic mass is 16.6. The van der Waals surface area contributed by atoms with Gasteiger partial charge in [-0.15, -0.1) is 0 Å². The van der Waals surface area contributed by atoms with Crippen molar-refractivity contribution in [2.24, 2.45) is 0 Å². The third kappa shape index (κ3) is 1.96. The maximum absolute atomic E-state index is 10.7. The van der Waals surface area contributed by atoms with Gasteiger partial charge in [0.05, 0.1) is 10.6 Å². The summed E-state index contributed by atoms with van der Waals surface area (Å²) in [5.41, 5.74) is 8.35. The Hall–Kier alpha value is -2.37. The second-order valence-electron chi connectivity index (χ2n) is 3.93. The van der Waals surface area contributed by atoms with E-state index in [1.54, 1.807) is 0 Å². The summed E-state index contributed by atoms with van der Waals surface area (Å²) in [7, 11) is 0. The molecule has 88 valence electrons. The number of anilines is 1. The van der Waals surface area contributed by atoms with Crippen LogP contribution >= 0.6 is 0 Å². The molecule has 2 rings (SSSR count). The van der Waals surface area contributed by atoms with Crippen molar-refractivity contribution in [3.05, 3.63) is 45.6 Å².